The van der Waals surface area contributed by atoms with Gasteiger partial charge < -0.3 is 10.1 Å². The highest BCUT2D eigenvalue weighted by Gasteiger charge is 2.48. The number of nitrogens with one attached hydrogen (secondary N) is 1. The summed E-state index contributed by atoms with van der Waals surface area (Å²) in [5.41, 5.74) is 0.691. The van der Waals surface area contributed by atoms with Crippen LogP contribution in [0.2, 0.25) is 0 Å². The second-order valence-electron chi connectivity index (χ2n) is 7.89. The van der Waals surface area contributed by atoms with Crippen molar-refractivity contribution in [1.82, 2.24) is 5.32 Å². The molecule has 0 aliphatic heterocycles. The van der Waals surface area contributed by atoms with Gasteiger partial charge in [-0.3, -0.25) is 4.79 Å². The van der Waals surface area contributed by atoms with E-state index in [2.05, 4.69) is 10.1 Å². The normalized spacial score (nSPS) is 33.3. The van der Waals surface area contributed by atoms with Gasteiger partial charge in [0.25, 0.3) is 0 Å². The zero-order valence-corrected chi connectivity index (χ0v) is 13.9. The Morgan fingerprint density at radius 2 is 1.56 bits per heavy atom. The number of hydrogen-bond donors (Lipinski definition) is 1. The van der Waals surface area contributed by atoms with Gasteiger partial charge in [0, 0.05) is 6.04 Å². The van der Waals surface area contributed by atoms with E-state index in [9.17, 15) is 18.0 Å². The number of ether oxygens (including phenoxy) is 1. The lowest BCUT2D eigenvalue weighted by molar-refractivity contribution is -0.274. The molecule has 5 rings (SSSR count). The minimum atomic E-state index is -4.70. The quantitative estimate of drug-likeness (QED) is 0.886. The lowest BCUT2D eigenvalue weighted by Gasteiger charge is -2.54. The Bertz CT molecular complexity index is 613. The van der Waals surface area contributed by atoms with E-state index in [1.165, 1.54) is 56.4 Å². The van der Waals surface area contributed by atoms with Crippen molar-refractivity contribution in [3.8, 4) is 5.75 Å². The molecule has 4 aliphatic rings. The monoisotopic (exact) mass is 353 g/mol. The van der Waals surface area contributed by atoms with Gasteiger partial charge in [-0.15, -0.1) is 13.2 Å². The maximum atomic E-state index is 12.4. The van der Waals surface area contributed by atoms with Crippen LogP contribution in [0.4, 0.5) is 13.2 Å². The van der Waals surface area contributed by atoms with Crippen LogP contribution in [-0.4, -0.2) is 18.3 Å². The Morgan fingerprint density at radius 3 is 2.08 bits per heavy atom. The van der Waals surface area contributed by atoms with Gasteiger partial charge in [-0.05, 0) is 73.5 Å². The zero-order valence-electron chi connectivity index (χ0n) is 13.9. The van der Waals surface area contributed by atoms with Crippen molar-refractivity contribution in [2.45, 2.75) is 50.9 Å². The minimum Gasteiger partial charge on any atom is -0.406 e. The molecule has 1 aromatic carbocycles. The van der Waals surface area contributed by atoms with E-state index < -0.39 is 6.36 Å². The molecule has 4 saturated carbocycles. The number of benzene rings is 1. The highest BCUT2D eigenvalue weighted by molar-refractivity contribution is 5.79. The number of rotatable bonds is 4. The van der Waals surface area contributed by atoms with Crippen molar-refractivity contribution in [2.75, 3.05) is 0 Å². The molecule has 1 amide bonds. The highest BCUT2D eigenvalue weighted by atomic mass is 19.4. The molecule has 0 unspecified atom stereocenters. The summed E-state index contributed by atoms with van der Waals surface area (Å²) in [5, 5.41) is 3.21. The summed E-state index contributed by atoms with van der Waals surface area (Å²) in [6.45, 7) is 0. The van der Waals surface area contributed by atoms with Crippen molar-refractivity contribution < 1.29 is 22.7 Å². The summed E-state index contributed by atoms with van der Waals surface area (Å²) in [6.07, 6.45) is 1.82. The first-order valence-electron chi connectivity index (χ1n) is 9.00. The second kappa shape index (κ2) is 6.22. The smallest absolute Gasteiger partial charge is 0.406 e. The second-order valence-corrected chi connectivity index (χ2v) is 7.89. The molecule has 4 aliphatic carbocycles. The maximum absolute atomic E-state index is 12.4. The van der Waals surface area contributed by atoms with Gasteiger partial charge in [0.2, 0.25) is 5.91 Å². The Kier molecular flexibility index (Phi) is 4.16. The summed E-state index contributed by atoms with van der Waals surface area (Å²) >= 11 is 0. The van der Waals surface area contributed by atoms with Crippen LogP contribution in [-0.2, 0) is 11.2 Å². The predicted molar refractivity (Wildman–Crippen MR) is 85.8 cm³/mol. The lowest BCUT2D eigenvalue weighted by Crippen LogP contribution is -2.56. The fourth-order valence-electron chi connectivity index (χ4n) is 5.39. The van der Waals surface area contributed by atoms with Crippen molar-refractivity contribution >= 4 is 5.91 Å². The SMILES string of the molecule is O=C(Cc1ccc(OC(F)(F)F)cc1)NC1C2CC3CC(C2)CC1C3. The van der Waals surface area contributed by atoms with Gasteiger partial charge in [0.05, 0.1) is 6.42 Å². The molecule has 4 bridgehead atoms. The van der Waals surface area contributed by atoms with Crippen LogP contribution < -0.4 is 10.1 Å². The van der Waals surface area contributed by atoms with Crippen LogP contribution in [0.3, 0.4) is 0 Å². The molecule has 0 atom stereocenters. The number of halogens is 3. The van der Waals surface area contributed by atoms with Crippen molar-refractivity contribution in [2.24, 2.45) is 23.7 Å². The first kappa shape index (κ1) is 16.7. The van der Waals surface area contributed by atoms with Crippen molar-refractivity contribution in [1.29, 1.82) is 0 Å². The largest absolute Gasteiger partial charge is 0.573 e. The average Bonchev–Trinajstić information content (AvgIpc) is 2.51. The van der Waals surface area contributed by atoms with E-state index in [4.69, 9.17) is 0 Å². The molecular formula is C19H22F3NO2. The number of hydrogen-bond acceptors (Lipinski definition) is 2. The molecule has 0 saturated heterocycles. The van der Waals surface area contributed by atoms with Crippen LogP contribution in [0.15, 0.2) is 24.3 Å². The molecular weight excluding hydrogens is 331 g/mol. The molecule has 3 nitrogen and oxygen atoms in total. The summed E-state index contributed by atoms with van der Waals surface area (Å²) in [4.78, 5) is 12.4. The number of amides is 1. The molecule has 0 spiro atoms. The maximum Gasteiger partial charge on any atom is 0.573 e. The van der Waals surface area contributed by atoms with E-state index in [0.29, 0.717) is 17.4 Å². The van der Waals surface area contributed by atoms with E-state index in [0.717, 1.165) is 11.8 Å². The fraction of sp³-hybridized carbons (Fsp3) is 0.632. The van der Waals surface area contributed by atoms with E-state index in [-0.39, 0.29) is 24.1 Å². The van der Waals surface area contributed by atoms with Crippen LogP contribution in [0.1, 0.15) is 37.7 Å². The molecule has 1 N–H and O–H groups in total. The molecule has 0 aromatic heterocycles. The van der Waals surface area contributed by atoms with E-state index in [1.54, 1.807) is 0 Å². The standard InChI is InChI=1S/C19H22F3NO2/c20-19(21,22)25-16-3-1-11(2-4-16)10-17(24)23-18-14-6-12-5-13(8-14)9-15(18)7-12/h1-4,12-15,18H,5-10H2,(H,23,24). The molecule has 1 aromatic rings. The summed E-state index contributed by atoms with van der Waals surface area (Å²) in [7, 11) is 0. The third kappa shape index (κ3) is 3.77. The first-order valence-corrected chi connectivity index (χ1v) is 9.00. The third-order valence-corrected chi connectivity index (χ3v) is 6.08. The fourth-order valence-corrected chi connectivity index (χ4v) is 5.39. The van der Waals surface area contributed by atoms with Gasteiger partial charge in [-0.1, -0.05) is 12.1 Å². The number of alkyl halides is 3. The zero-order chi connectivity index (χ0) is 17.6. The molecule has 0 heterocycles. The van der Waals surface area contributed by atoms with Gasteiger partial charge in [0.1, 0.15) is 5.75 Å². The van der Waals surface area contributed by atoms with Crippen LogP contribution in [0, 0.1) is 23.7 Å². The topological polar surface area (TPSA) is 38.3 Å². The van der Waals surface area contributed by atoms with Crippen LogP contribution in [0.25, 0.3) is 0 Å². The van der Waals surface area contributed by atoms with Crippen LogP contribution >= 0.6 is 0 Å². The van der Waals surface area contributed by atoms with Gasteiger partial charge in [-0.25, -0.2) is 0 Å². The van der Waals surface area contributed by atoms with Crippen LogP contribution in [0.5, 0.6) is 5.75 Å². The summed E-state index contributed by atoms with van der Waals surface area (Å²) in [6, 6.07) is 5.81. The number of carbonyl (C=O) groups excluding carboxylic acids is 1. The third-order valence-electron chi connectivity index (χ3n) is 6.08. The average molecular weight is 353 g/mol. The van der Waals surface area contributed by atoms with Gasteiger partial charge in [0.15, 0.2) is 0 Å². The summed E-state index contributed by atoms with van der Waals surface area (Å²) in [5.74, 6) is 2.64. The molecule has 136 valence electrons. The van der Waals surface area contributed by atoms with Gasteiger partial charge >= 0.3 is 6.36 Å². The van der Waals surface area contributed by atoms with Gasteiger partial charge in [-0.2, -0.15) is 0 Å². The minimum absolute atomic E-state index is 0.0398. The Hall–Kier alpha value is -1.72. The predicted octanol–water partition coefficient (Wildman–Crippen LogP) is 4.07. The Morgan fingerprint density at radius 1 is 1.00 bits per heavy atom. The van der Waals surface area contributed by atoms with E-state index in [1.807, 2.05) is 0 Å². The van der Waals surface area contributed by atoms with Crippen molar-refractivity contribution in [3.05, 3.63) is 29.8 Å². The first-order chi connectivity index (χ1) is 11.9. The van der Waals surface area contributed by atoms with E-state index >= 15 is 0 Å². The molecule has 25 heavy (non-hydrogen) atoms. The Balaban J connectivity index is 1.33. The molecule has 4 fully saturated rings. The molecule has 0 radical (unpaired) electrons. The molecule has 6 heteroatoms. The number of carbonyl (C=O) groups is 1. The highest BCUT2D eigenvalue weighted by Crippen LogP contribution is 2.53. The lowest BCUT2D eigenvalue weighted by atomic mass is 9.54. The summed E-state index contributed by atoms with van der Waals surface area (Å²) < 4.78 is 40.4. The Labute approximate surface area is 144 Å². The van der Waals surface area contributed by atoms with Crippen molar-refractivity contribution in [3.63, 3.8) is 0 Å².